The topological polar surface area (TPSA) is 12.0 Å². The lowest BCUT2D eigenvalue weighted by molar-refractivity contribution is 0.131. The van der Waals surface area contributed by atoms with Gasteiger partial charge in [0.2, 0.25) is 0 Å². The SMILES string of the molecule is CC(C)CC1(Cc2cc(F)ccc2Br)CNC1. The molecule has 1 aromatic carbocycles. The van der Waals surface area contributed by atoms with E-state index in [-0.39, 0.29) is 5.82 Å². The summed E-state index contributed by atoms with van der Waals surface area (Å²) in [4.78, 5) is 0. The monoisotopic (exact) mass is 299 g/mol. The van der Waals surface area contributed by atoms with E-state index >= 15 is 0 Å². The molecule has 0 amide bonds. The van der Waals surface area contributed by atoms with E-state index in [4.69, 9.17) is 0 Å². The van der Waals surface area contributed by atoms with E-state index in [1.807, 2.05) is 0 Å². The Morgan fingerprint density at radius 2 is 2.12 bits per heavy atom. The predicted octanol–water partition coefficient (Wildman–Crippen LogP) is 3.77. The number of hydrogen-bond donors (Lipinski definition) is 1. The van der Waals surface area contributed by atoms with Crippen molar-refractivity contribution in [2.75, 3.05) is 13.1 Å². The predicted molar refractivity (Wildman–Crippen MR) is 72.6 cm³/mol. The van der Waals surface area contributed by atoms with E-state index in [9.17, 15) is 4.39 Å². The van der Waals surface area contributed by atoms with Gasteiger partial charge in [-0.15, -0.1) is 0 Å². The van der Waals surface area contributed by atoms with Crippen LogP contribution in [0.5, 0.6) is 0 Å². The third-order valence-corrected chi connectivity index (χ3v) is 4.19. The second-order valence-corrected chi connectivity index (χ2v) is 6.47. The number of halogens is 2. The molecule has 0 radical (unpaired) electrons. The van der Waals surface area contributed by atoms with Gasteiger partial charge in [-0.3, -0.25) is 0 Å². The molecule has 1 heterocycles. The summed E-state index contributed by atoms with van der Waals surface area (Å²) in [6.45, 7) is 6.60. The van der Waals surface area contributed by atoms with Crippen molar-refractivity contribution in [2.45, 2.75) is 26.7 Å². The molecule has 1 aliphatic rings. The molecule has 0 saturated carbocycles. The van der Waals surface area contributed by atoms with Gasteiger partial charge in [0.1, 0.15) is 5.82 Å². The van der Waals surface area contributed by atoms with Crippen LogP contribution in [0.4, 0.5) is 4.39 Å². The Kier molecular flexibility index (Phi) is 3.88. The summed E-state index contributed by atoms with van der Waals surface area (Å²) in [6.07, 6.45) is 2.15. The summed E-state index contributed by atoms with van der Waals surface area (Å²) in [5.41, 5.74) is 1.41. The highest BCUT2D eigenvalue weighted by atomic mass is 79.9. The third-order valence-electron chi connectivity index (χ3n) is 3.41. The van der Waals surface area contributed by atoms with Crippen molar-refractivity contribution in [1.29, 1.82) is 0 Å². The number of nitrogens with one attached hydrogen (secondary N) is 1. The van der Waals surface area contributed by atoms with Gasteiger partial charge in [0, 0.05) is 17.6 Å². The largest absolute Gasteiger partial charge is 0.316 e. The molecule has 0 unspecified atom stereocenters. The van der Waals surface area contributed by atoms with Crippen LogP contribution in [0.15, 0.2) is 22.7 Å². The molecule has 1 aromatic rings. The van der Waals surface area contributed by atoms with Crippen molar-refractivity contribution >= 4 is 15.9 Å². The third kappa shape index (κ3) is 3.08. The summed E-state index contributed by atoms with van der Waals surface area (Å²) in [7, 11) is 0. The molecule has 17 heavy (non-hydrogen) atoms. The number of benzene rings is 1. The van der Waals surface area contributed by atoms with Crippen molar-refractivity contribution in [3.63, 3.8) is 0 Å². The first-order chi connectivity index (χ1) is 8.01. The van der Waals surface area contributed by atoms with E-state index in [0.29, 0.717) is 11.3 Å². The average molecular weight is 300 g/mol. The molecule has 3 heteroatoms. The first kappa shape index (κ1) is 13.0. The van der Waals surface area contributed by atoms with Crippen LogP contribution in [-0.4, -0.2) is 13.1 Å². The molecule has 1 saturated heterocycles. The average Bonchev–Trinajstić information content (AvgIpc) is 2.19. The minimum atomic E-state index is -0.143. The van der Waals surface area contributed by atoms with Gasteiger partial charge in [-0.2, -0.15) is 0 Å². The Labute approximate surface area is 111 Å². The van der Waals surface area contributed by atoms with Crippen molar-refractivity contribution in [3.8, 4) is 0 Å². The van der Waals surface area contributed by atoms with E-state index in [2.05, 4.69) is 35.1 Å². The maximum absolute atomic E-state index is 13.3. The van der Waals surface area contributed by atoms with Crippen molar-refractivity contribution in [3.05, 3.63) is 34.1 Å². The Morgan fingerprint density at radius 1 is 1.41 bits per heavy atom. The van der Waals surface area contributed by atoms with Gasteiger partial charge in [-0.25, -0.2) is 4.39 Å². The first-order valence-corrected chi connectivity index (χ1v) is 6.95. The highest BCUT2D eigenvalue weighted by Gasteiger charge is 2.37. The molecule has 1 fully saturated rings. The number of hydrogen-bond acceptors (Lipinski definition) is 1. The highest BCUT2D eigenvalue weighted by Crippen LogP contribution is 2.36. The lowest BCUT2D eigenvalue weighted by Crippen LogP contribution is -2.55. The van der Waals surface area contributed by atoms with Crippen LogP contribution < -0.4 is 5.32 Å². The molecule has 0 spiro atoms. The Morgan fingerprint density at radius 3 is 2.65 bits per heavy atom. The van der Waals surface area contributed by atoms with Crippen LogP contribution in [0.1, 0.15) is 25.8 Å². The fourth-order valence-electron chi connectivity index (χ4n) is 2.77. The molecule has 2 rings (SSSR count). The summed E-state index contributed by atoms with van der Waals surface area (Å²) in [5, 5.41) is 3.35. The van der Waals surface area contributed by atoms with E-state index in [1.54, 1.807) is 12.1 Å². The smallest absolute Gasteiger partial charge is 0.123 e. The lowest BCUT2D eigenvalue weighted by Gasteiger charge is -2.44. The summed E-state index contributed by atoms with van der Waals surface area (Å²) < 4.78 is 14.3. The molecule has 94 valence electrons. The van der Waals surface area contributed by atoms with E-state index < -0.39 is 0 Å². The maximum Gasteiger partial charge on any atom is 0.123 e. The van der Waals surface area contributed by atoms with Crippen molar-refractivity contribution in [2.24, 2.45) is 11.3 Å². The summed E-state index contributed by atoms with van der Waals surface area (Å²) in [5.74, 6) is 0.541. The zero-order valence-corrected chi connectivity index (χ0v) is 12.0. The zero-order valence-electron chi connectivity index (χ0n) is 10.4. The molecule has 0 aliphatic carbocycles. The van der Waals surface area contributed by atoms with Crippen LogP contribution in [0.3, 0.4) is 0 Å². The van der Waals surface area contributed by atoms with Gasteiger partial charge < -0.3 is 5.32 Å². The minimum absolute atomic E-state index is 0.143. The fraction of sp³-hybridized carbons (Fsp3) is 0.571. The maximum atomic E-state index is 13.3. The van der Waals surface area contributed by atoms with Gasteiger partial charge in [-0.1, -0.05) is 29.8 Å². The Bertz CT molecular complexity index is 399. The van der Waals surface area contributed by atoms with Gasteiger partial charge in [0.05, 0.1) is 0 Å². The van der Waals surface area contributed by atoms with Crippen LogP contribution in [-0.2, 0) is 6.42 Å². The molecule has 1 nitrogen and oxygen atoms in total. The number of rotatable bonds is 4. The standard InChI is InChI=1S/C14H19BrFN/c1-10(2)6-14(8-17-9-14)7-11-5-12(16)3-4-13(11)15/h3-5,10,17H,6-9H2,1-2H3. The van der Waals surface area contributed by atoms with Gasteiger partial charge in [-0.05, 0) is 47.9 Å². The molecular weight excluding hydrogens is 281 g/mol. The molecule has 1 aliphatic heterocycles. The van der Waals surface area contributed by atoms with Crippen LogP contribution in [0.25, 0.3) is 0 Å². The summed E-state index contributed by atoms with van der Waals surface area (Å²) in [6, 6.07) is 4.96. The Balaban J connectivity index is 2.15. The second-order valence-electron chi connectivity index (χ2n) is 5.61. The fourth-order valence-corrected chi connectivity index (χ4v) is 3.16. The van der Waals surface area contributed by atoms with Crippen LogP contribution >= 0.6 is 15.9 Å². The van der Waals surface area contributed by atoms with Gasteiger partial charge in [0.25, 0.3) is 0 Å². The van der Waals surface area contributed by atoms with Crippen LogP contribution in [0.2, 0.25) is 0 Å². The van der Waals surface area contributed by atoms with Crippen molar-refractivity contribution in [1.82, 2.24) is 5.32 Å². The summed E-state index contributed by atoms with van der Waals surface area (Å²) >= 11 is 3.52. The highest BCUT2D eigenvalue weighted by molar-refractivity contribution is 9.10. The van der Waals surface area contributed by atoms with Crippen LogP contribution in [0, 0.1) is 17.2 Å². The van der Waals surface area contributed by atoms with Gasteiger partial charge >= 0.3 is 0 Å². The molecule has 1 N–H and O–H groups in total. The first-order valence-electron chi connectivity index (χ1n) is 6.15. The molecule has 0 aromatic heterocycles. The Hall–Kier alpha value is -0.410. The molecule has 0 atom stereocenters. The van der Waals surface area contributed by atoms with E-state index in [0.717, 1.165) is 29.5 Å². The lowest BCUT2D eigenvalue weighted by atomic mass is 9.71. The minimum Gasteiger partial charge on any atom is -0.316 e. The zero-order chi connectivity index (χ0) is 12.5. The van der Waals surface area contributed by atoms with Crippen molar-refractivity contribution < 1.29 is 4.39 Å². The van der Waals surface area contributed by atoms with Gasteiger partial charge in [0.15, 0.2) is 0 Å². The normalized spacial score (nSPS) is 18.2. The molecule has 0 bridgehead atoms. The quantitative estimate of drug-likeness (QED) is 0.892. The molecular formula is C14H19BrFN. The second kappa shape index (κ2) is 5.07. The van der Waals surface area contributed by atoms with E-state index in [1.165, 1.54) is 12.5 Å².